The first-order valence-electron chi connectivity index (χ1n) is 8.41. The lowest BCUT2D eigenvalue weighted by atomic mass is 10.2. The van der Waals surface area contributed by atoms with Gasteiger partial charge in [0.15, 0.2) is 0 Å². The lowest BCUT2D eigenvalue weighted by Gasteiger charge is -2.28. The minimum atomic E-state index is -3.43. The summed E-state index contributed by atoms with van der Waals surface area (Å²) in [6.07, 6.45) is 4.38. The van der Waals surface area contributed by atoms with Crippen LogP contribution in [0, 0.1) is 6.92 Å². The first-order valence-corrected chi connectivity index (χ1v) is 9.85. The Bertz CT molecular complexity index is 654. The number of likely N-dealkylation sites (tertiary alicyclic amines) is 1. The molecule has 0 radical (unpaired) electrons. The maximum atomic E-state index is 13.1. The van der Waals surface area contributed by atoms with Gasteiger partial charge in [0.1, 0.15) is 5.75 Å². The van der Waals surface area contributed by atoms with Gasteiger partial charge in [-0.3, -0.25) is 0 Å². The van der Waals surface area contributed by atoms with Crippen molar-refractivity contribution in [2.45, 2.75) is 43.5 Å². The van der Waals surface area contributed by atoms with E-state index in [0.29, 0.717) is 17.2 Å². The molecule has 1 atom stereocenters. The van der Waals surface area contributed by atoms with Crippen molar-refractivity contribution in [2.24, 2.45) is 0 Å². The largest absolute Gasteiger partial charge is 0.497 e. The number of methoxy groups -OCH3 is 1. The third kappa shape index (κ3) is 3.39. The van der Waals surface area contributed by atoms with Gasteiger partial charge >= 0.3 is 0 Å². The van der Waals surface area contributed by atoms with Gasteiger partial charge < -0.3 is 9.64 Å². The van der Waals surface area contributed by atoms with Crippen LogP contribution in [-0.4, -0.2) is 57.0 Å². The molecule has 1 aromatic carbocycles. The van der Waals surface area contributed by atoms with E-state index in [-0.39, 0.29) is 6.04 Å². The summed E-state index contributed by atoms with van der Waals surface area (Å²) in [5.74, 6) is 0.691. The van der Waals surface area contributed by atoms with Gasteiger partial charge in [-0.05, 0) is 69.5 Å². The molecule has 0 amide bonds. The van der Waals surface area contributed by atoms with Crippen LogP contribution in [0.5, 0.6) is 5.75 Å². The summed E-state index contributed by atoms with van der Waals surface area (Å²) in [4.78, 5) is 2.81. The lowest BCUT2D eigenvalue weighted by Crippen LogP contribution is -2.42. The fraction of sp³-hybridized carbons (Fsp3) is 0.647. The second-order valence-corrected chi connectivity index (χ2v) is 8.41. The highest BCUT2D eigenvalue weighted by Crippen LogP contribution is 2.30. The van der Waals surface area contributed by atoms with Gasteiger partial charge in [0, 0.05) is 19.1 Å². The molecular weight excluding hydrogens is 312 g/mol. The molecule has 0 bridgehead atoms. The Morgan fingerprint density at radius 2 is 1.91 bits per heavy atom. The van der Waals surface area contributed by atoms with E-state index in [4.69, 9.17) is 4.74 Å². The van der Waals surface area contributed by atoms with E-state index >= 15 is 0 Å². The predicted molar refractivity (Wildman–Crippen MR) is 90.3 cm³/mol. The zero-order valence-corrected chi connectivity index (χ0v) is 14.8. The number of ether oxygens (including phenoxy) is 1. The van der Waals surface area contributed by atoms with E-state index in [1.807, 2.05) is 6.92 Å². The SMILES string of the molecule is COc1ccc(S(=O)(=O)N2CCC[C@H]2CN2CCCC2)c(C)c1. The fourth-order valence-electron chi connectivity index (χ4n) is 3.74. The predicted octanol–water partition coefficient (Wildman–Crippen LogP) is 2.25. The van der Waals surface area contributed by atoms with Crippen molar-refractivity contribution in [1.82, 2.24) is 9.21 Å². The maximum Gasteiger partial charge on any atom is 0.243 e. The summed E-state index contributed by atoms with van der Waals surface area (Å²) in [6.45, 7) is 5.54. The van der Waals surface area contributed by atoms with Gasteiger partial charge in [-0.1, -0.05) is 0 Å². The van der Waals surface area contributed by atoms with Gasteiger partial charge in [0.05, 0.1) is 12.0 Å². The number of aryl methyl sites for hydroxylation is 1. The topological polar surface area (TPSA) is 49.9 Å². The Balaban J connectivity index is 1.82. The Hall–Kier alpha value is -1.11. The van der Waals surface area contributed by atoms with E-state index in [1.54, 1.807) is 29.6 Å². The average Bonchev–Trinajstić information content (AvgIpc) is 3.19. The zero-order valence-electron chi connectivity index (χ0n) is 14.0. The van der Waals surface area contributed by atoms with E-state index in [2.05, 4.69) is 4.90 Å². The summed E-state index contributed by atoms with van der Waals surface area (Å²) >= 11 is 0. The van der Waals surface area contributed by atoms with Crippen molar-refractivity contribution in [3.8, 4) is 5.75 Å². The number of hydrogen-bond donors (Lipinski definition) is 0. The monoisotopic (exact) mass is 338 g/mol. The Morgan fingerprint density at radius 3 is 2.57 bits per heavy atom. The Labute approximate surface area is 139 Å². The Morgan fingerprint density at radius 1 is 1.17 bits per heavy atom. The van der Waals surface area contributed by atoms with Crippen LogP contribution in [0.4, 0.5) is 0 Å². The number of sulfonamides is 1. The van der Waals surface area contributed by atoms with Gasteiger partial charge in [0.2, 0.25) is 10.0 Å². The number of nitrogens with zero attached hydrogens (tertiary/aromatic N) is 2. The van der Waals surface area contributed by atoms with Crippen molar-refractivity contribution in [3.63, 3.8) is 0 Å². The first-order chi connectivity index (χ1) is 11.0. The highest BCUT2D eigenvalue weighted by atomic mass is 32.2. The second kappa shape index (κ2) is 6.79. The molecule has 3 rings (SSSR count). The van der Waals surface area contributed by atoms with Gasteiger partial charge in [0.25, 0.3) is 0 Å². The molecule has 23 heavy (non-hydrogen) atoms. The van der Waals surface area contributed by atoms with Crippen molar-refractivity contribution >= 4 is 10.0 Å². The van der Waals surface area contributed by atoms with Crippen LogP contribution in [0.1, 0.15) is 31.2 Å². The van der Waals surface area contributed by atoms with Gasteiger partial charge in [-0.15, -0.1) is 0 Å². The second-order valence-electron chi connectivity index (χ2n) is 6.55. The Kier molecular flexibility index (Phi) is 4.94. The van der Waals surface area contributed by atoms with Crippen LogP contribution in [0.25, 0.3) is 0 Å². The summed E-state index contributed by atoms with van der Waals surface area (Å²) in [6, 6.07) is 5.30. The maximum absolute atomic E-state index is 13.1. The van der Waals surface area contributed by atoms with E-state index in [1.165, 1.54) is 12.8 Å². The van der Waals surface area contributed by atoms with Crippen LogP contribution in [0.15, 0.2) is 23.1 Å². The summed E-state index contributed by atoms with van der Waals surface area (Å²) in [5.41, 5.74) is 0.746. The van der Waals surface area contributed by atoms with Crippen LogP contribution in [0.3, 0.4) is 0 Å². The molecule has 128 valence electrons. The van der Waals surface area contributed by atoms with E-state index < -0.39 is 10.0 Å². The molecule has 0 saturated carbocycles. The molecule has 2 aliphatic heterocycles. The molecule has 5 nitrogen and oxygen atoms in total. The van der Waals surface area contributed by atoms with Gasteiger partial charge in [-0.2, -0.15) is 4.31 Å². The minimum Gasteiger partial charge on any atom is -0.497 e. The minimum absolute atomic E-state index is 0.111. The van der Waals surface area contributed by atoms with Gasteiger partial charge in [-0.25, -0.2) is 8.42 Å². The van der Waals surface area contributed by atoms with E-state index in [0.717, 1.165) is 38.0 Å². The summed E-state index contributed by atoms with van der Waals surface area (Å²) in [5, 5.41) is 0. The highest BCUT2D eigenvalue weighted by Gasteiger charge is 2.37. The molecular formula is C17H26N2O3S. The standard InChI is InChI=1S/C17H26N2O3S/c1-14-12-16(22-2)7-8-17(14)23(20,21)19-11-5-6-15(19)13-18-9-3-4-10-18/h7-8,12,15H,3-6,9-11,13H2,1-2H3/t15-/m0/s1. The van der Waals surface area contributed by atoms with Crippen LogP contribution >= 0.6 is 0 Å². The third-order valence-corrected chi connectivity index (χ3v) is 7.07. The fourth-order valence-corrected chi connectivity index (χ4v) is 5.63. The normalized spacial score (nSPS) is 23.5. The highest BCUT2D eigenvalue weighted by molar-refractivity contribution is 7.89. The van der Waals surface area contributed by atoms with Crippen molar-refractivity contribution in [2.75, 3.05) is 33.3 Å². The molecule has 0 N–H and O–H groups in total. The van der Waals surface area contributed by atoms with Crippen molar-refractivity contribution < 1.29 is 13.2 Å². The number of benzene rings is 1. The lowest BCUT2D eigenvalue weighted by molar-refractivity contribution is 0.257. The quantitative estimate of drug-likeness (QED) is 0.826. The molecule has 2 aliphatic rings. The van der Waals surface area contributed by atoms with Crippen molar-refractivity contribution in [1.29, 1.82) is 0 Å². The average molecular weight is 338 g/mol. The molecule has 2 heterocycles. The van der Waals surface area contributed by atoms with Crippen LogP contribution < -0.4 is 4.74 Å². The molecule has 0 unspecified atom stereocenters. The summed E-state index contributed by atoms with van der Waals surface area (Å²) in [7, 11) is -1.84. The molecule has 0 spiro atoms. The molecule has 1 aromatic rings. The molecule has 2 fully saturated rings. The molecule has 2 saturated heterocycles. The molecule has 0 aliphatic carbocycles. The zero-order chi connectivity index (χ0) is 16.4. The molecule has 6 heteroatoms. The van der Waals surface area contributed by atoms with Crippen LogP contribution in [-0.2, 0) is 10.0 Å². The smallest absolute Gasteiger partial charge is 0.243 e. The third-order valence-electron chi connectivity index (χ3n) is 4.96. The van der Waals surface area contributed by atoms with E-state index in [9.17, 15) is 8.42 Å². The number of hydrogen-bond acceptors (Lipinski definition) is 4. The molecule has 0 aromatic heterocycles. The van der Waals surface area contributed by atoms with Crippen LogP contribution in [0.2, 0.25) is 0 Å². The summed E-state index contributed by atoms with van der Waals surface area (Å²) < 4.78 is 33.1. The van der Waals surface area contributed by atoms with Crippen molar-refractivity contribution in [3.05, 3.63) is 23.8 Å². The first kappa shape index (κ1) is 16.7. The number of rotatable bonds is 5.